The highest BCUT2D eigenvalue weighted by molar-refractivity contribution is 7.88. The van der Waals surface area contributed by atoms with Crippen molar-refractivity contribution in [1.82, 2.24) is 0 Å². The van der Waals surface area contributed by atoms with Crippen molar-refractivity contribution in [2.24, 2.45) is 0 Å². The standard InChI is InChI=1S/C8H8F2O9S2/c9-8(10,21(14,15)16)7(11)18-4-2-1-3-5(17-2)6(4)19-20(3,12)13/h2-6H,1H2,(H,14,15,16). The summed E-state index contributed by atoms with van der Waals surface area (Å²) in [4.78, 5) is 11.2. The number of ether oxygens (including phenoxy) is 2. The van der Waals surface area contributed by atoms with Crippen molar-refractivity contribution in [3.63, 3.8) is 0 Å². The van der Waals surface area contributed by atoms with E-state index in [0.717, 1.165) is 0 Å². The number of esters is 1. The molecule has 13 heteroatoms. The van der Waals surface area contributed by atoms with E-state index in [9.17, 15) is 30.4 Å². The molecule has 0 spiro atoms. The van der Waals surface area contributed by atoms with Gasteiger partial charge in [-0.15, -0.1) is 0 Å². The topological polar surface area (TPSA) is 133 Å². The number of carbonyl (C=O) groups is 1. The van der Waals surface area contributed by atoms with Gasteiger partial charge in [0.05, 0.1) is 6.10 Å². The minimum Gasteiger partial charge on any atom is -0.451 e. The van der Waals surface area contributed by atoms with Gasteiger partial charge in [-0.3, -0.25) is 8.74 Å². The van der Waals surface area contributed by atoms with E-state index in [0.29, 0.717) is 0 Å². The molecule has 0 aliphatic carbocycles. The highest BCUT2D eigenvalue weighted by Crippen LogP contribution is 2.48. The third kappa shape index (κ3) is 1.98. The van der Waals surface area contributed by atoms with E-state index in [4.69, 9.17) is 9.29 Å². The molecule has 3 aliphatic heterocycles. The van der Waals surface area contributed by atoms with Gasteiger partial charge in [-0.25, -0.2) is 4.79 Å². The van der Waals surface area contributed by atoms with Gasteiger partial charge in [0.25, 0.3) is 10.1 Å². The molecule has 0 radical (unpaired) electrons. The summed E-state index contributed by atoms with van der Waals surface area (Å²) in [7, 11) is -9.94. The predicted octanol–water partition coefficient (Wildman–Crippen LogP) is -1.35. The molecule has 1 N–H and O–H groups in total. The molecule has 3 heterocycles. The van der Waals surface area contributed by atoms with Crippen LogP contribution in [0.15, 0.2) is 0 Å². The van der Waals surface area contributed by atoms with Gasteiger partial charge in [-0.2, -0.15) is 25.6 Å². The summed E-state index contributed by atoms with van der Waals surface area (Å²) in [6, 6.07) is 0. The molecular formula is C8H8F2O9S2. The van der Waals surface area contributed by atoms with Crippen molar-refractivity contribution in [1.29, 1.82) is 0 Å². The van der Waals surface area contributed by atoms with Crippen molar-refractivity contribution in [2.75, 3.05) is 0 Å². The van der Waals surface area contributed by atoms with Crippen LogP contribution >= 0.6 is 0 Å². The Morgan fingerprint density at radius 2 is 1.95 bits per heavy atom. The molecule has 0 aromatic carbocycles. The number of alkyl halides is 2. The average Bonchev–Trinajstić information content (AvgIpc) is 2.91. The van der Waals surface area contributed by atoms with Crippen molar-refractivity contribution in [2.45, 2.75) is 41.3 Å². The predicted molar refractivity (Wildman–Crippen MR) is 57.2 cm³/mol. The van der Waals surface area contributed by atoms with Crippen LogP contribution in [0.4, 0.5) is 8.78 Å². The molecule has 3 fully saturated rings. The van der Waals surface area contributed by atoms with Crippen LogP contribution in [-0.2, 0) is 38.7 Å². The zero-order valence-electron chi connectivity index (χ0n) is 9.88. The summed E-state index contributed by atoms with van der Waals surface area (Å²) in [6.45, 7) is 0. The highest BCUT2D eigenvalue weighted by Gasteiger charge is 2.68. The fraction of sp³-hybridized carbons (Fsp3) is 0.875. The van der Waals surface area contributed by atoms with E-state index in [1.807, 2.05) is 0 Å². The third-order valence-corrected chi connectivity index (χ3v) is 6.11. The molecular weight excluding hydrogens is 342 g/mol. The molecule has 5 atom stereocenters. The maximum Gasteiger partial charge on any atom is 0.465 e. The second-order valence-corrected chi connectivity index (χ2v) is 8.08. The number of halogens is 2. The Kier molecular flexibility index (Phi) is 2.93. The van der Waals surface area contributed by atoms with Gasteiger partial charge in [-0.05, 0) is 6.42 Å². The van der Waals surface area contributed by atoms with Crippen LogP contribution in [0, 0.1) is 0 Å². The molecule has 0 saturated carbocycles. The van der Waals surface area contributed by atoms with Crippen molar-refractivity contribution in [3.05, 3.63) is 0 Å². The summed E-state index contributed by atoms with van der Waals surface area (Å²) in [6.07, 6.45) is -4.82. The van der Waals surface area contributed by atoms with Crippen LogP contribution in [0.5, 0.6) is 0 Å². The largest absolute Gasteiger partial charge is 0.465 e. The quantitative estimate of drug-likeness (QED) is 0.372. The number of fused-ring (bicyclic) bond motifs is 1. The minimum absolute atomic E-state index is 0.112. The Balaban J connectivity index is 1.81. The lowest BCUT2D eigenvalue weighted by Crippen LogP contribution is -2.47. The number of rotatable bonds is 3. The van der Waals surface area contributed by atoms with Crippen molar-refractivity contribution in [3.8, 4) is 0 Å². The Labute approximate surface area is 117 Å². The van der Waals surface area contributed by atoms with E-state index in [1.54, 1.807) is 0 Å². The van der Waals surface area contributed by atoms with E-state index in [-0.39, 0.29) is 6.42 Å². The van der Waals surface area contributed by atoms with Crippen LogP contribution in [0.25, 0.3) is 0 Å². The molecule has 3 aliphatic rings. The maximum atomic E-state index is 13.1. The lowest BCUT2D eigenvalue weighted by atomic mass is 9.94. The monoisotopic (exact) mass is 350 g/mol. The second kappa shape index (κ2) is 4.10. The molecule has 9 nitrogen and oxygen atoms in total. The summed E-state index contributed by atoms with van der Waals surface area (Å²) < 4.78 is 92.6. The first-order valence-electron chi connectivity index (χ1n) is 5.58. The fourth-order valence-electron chi connectivity index (χ4n) is 2.67. The normalized spacial score (nSPS) is 40.4. The zero-order chi connectivity index (χ0) is 15.8. The third-order valence-electron chi connectivity index (χ3n) is 3.60. The van der Waals surface area contributed by atoms with Crippen LogP contribution in [0.1, 0.15) is 6.42 Å². The first kappa shape index (κ1) is 15.0. The van der Waals surface area contributed by atoms with E-state index in [1.165, 1.54) is 0 Å². The SMILES string of the molecule is O=C(OC1C2CC3C(O2)C1OS3(=O)=O)C(F)(F)S(=O)(=O)O. The molecule has 2 bridgehead atoms. The van der Waals surface area contributed by atoms with E-state index >= 15 is 0 Å². The molecule has 3 saturated heterocycles. The van der Waals surface area contributed by atoms with Gasteiger partial charge < -0.3 is 9.47 Å². The summed E-state index contributed by atoms with van der Waals surface area (Å²) in [5.74, 6) is -2.52. The van der Waals surface area contributed by atoms with E-state index < -0.39 is 61.1 Å². The molecule has 3 rings (SSSR count). The van der Waals surface area contributed by atoms with Crippen LogP contribution in [0.2, 0.25) is 0 Å². The van der Waals surface area contributed by atoms with Gasteiger partial charge in [0.1, 0.15) is 17.5 Å². The molecule has 5 unspecified atom stereocenters. The molecule has 21 heavy (non-hydrogen) atoms. The van der Waals surface area contributed by atoms with Gasteiger partial charge in [-0.1, -0.05) is 0 Å². The van der Waals surface area contributed by atoms with Crippen LogP contribution in [-0.4, -0.2) is 62.3 Å². The van der Waals surface area contributed by atoms with Gasteiger partial charge in [0.15, 0.2) is 6.10 Å². The second-order valence-electron chi connectivity index (χ2n) is 4.83. The summed E-state index contributed by atoms with van der Waals surface area (Å²) in [5, 5.41) is -6.12. The van der Waals surface area contributed by atoms with Gasteiger partial charge >= 0.3 is 21.3 Å². The maximum absolute atomic E-state index is 13.1. The van der Waals surface area contributed by atoms with Crippen LogP contribution in [0.3, 0.4) is 0 Å². The zero-order valence-corrected chi connectivity index (χ0v) is 11.5. The first-order chi connectivity index (χ1) is 9.45. The highest BCUT2D eigenvalue weighted by atomic mass is 32.2. The minimum atomic E-state index is -6.00. The first-order valence-corrected chi connectivity index (χ1v) is 8.50. The number of hydrogen-bond acceptors (Lipinski definition) is 8. The summed E-state index contributed by atoms with van der Waals surface area (Å²) >= 11 is 0. The van der Waals surface area contributed by atoms with Crippen molar-refractivity contribution >= 4 is 26.2 Å². The Hall–Kier alpha value is -0.890. The van der Waals surface area contributed by atoms with Crippen molar-refractivity contribution < 1.29 is 48.6 Å². The Morgan fingerprint density at radius 3 is 2.52 bits per heavy atom. The van der Waals surface area contributed by atoms with Crippen LogP contribution < -0.4 is 0 Å². The molecule has 0 amide bonds. The average molecular weight is 350 g/mol. The molecule has 120 valence electrons. The van der Waals surface area contributed by atoms with Gasteiger partial charge in [0.2, 0.25) is 0 Å². The smallest absolute Gasteiger partial charge is 0.451 e. The molecule has 0 aromatic rings. The number of hydrogen-bond donors (Lipinski definition) is 1. The van der Waals surface area contributed by atoms with Gasteiger partial charge in [0, 0.05) is 0 Å². The fourth-order valence-corrected chi connectivity index (χ4v) is 4.57. The van der Waals surface area contributed by atoms with E-state index in [2.05, 4.69) is 8.92 Å². The summed E-state index contributed by atoms with van der Waals surface area (Å²) in [5.41, 5.74) is 0. The lowest BCUT2D eigenvalue weighted by Gasteiger charge is -2.23. The lowest BCUT2D eigenvalue weighted by molar-refractivity contribution is -0.172. The number of carbonyl (C=O) groups excluding carboxylic acids is 1. The molecule has 0 aromatic heterocycles. The Morgan fingerprint density at radius 1 is 1.33 bits per heavy atom. The Bertz CT molecular complexity index is 699.